The Morgan fingerprint density at radius 1 is 1.38 bits per heavy atom. The number of ether oxygens (including phenoxy) is 1. The number of carbonyl (C=O) groups is 1. The molecule has 1 atom stereocenters. The summed E-state index contributed by atoms with van der Waals surface area (Å²) in [4.78, 5) is 13.6. The summed E-state index contributed by atoms with van der Waals surface area (Å²) < 4.78 is 4.77. The van der Waals surface area contributed by atoms with Crippen molar-refractivity contribution in [2.75, 3.05) is 25.1 Å². The van der Waals surface area contributed by atoms with Gasteiger partial charge in [-0.2, -0.15) is 0 Å². The maximum Gasteiger partial charge on any atom is 0.310 e. The number of esters is 1. The number of nitrogens with zero attached hydrogens (tertiary/aromatic N) is 1. The van der Waals surface area contributed by atoms with Crippen molar-refractivity contribution in [2.45, 2.75) is 13.3 Å². The van der Waals surface area contributed by atoms with Crippen molar-refractivity contribution in [3.63, 3.8) is 0 Å². The molecule has 0 N–H and O–H groups in total. The Kier molecular flexibility index (Phi) is 3.13. The van der Waals surface area contributed by atoms with Gasteiger partial charge in [0.2, 0.25) is 0 Å². The van der Waals surface area contributed by atoms with Gasteiger partial charge in [-0.15, -0.1) is 0 Å². The van der Waals surface area contributed by atoms with Crippen LogP contribution >= 0.6 is 0 Å². The van der Waals surface area contributed by atoms with Crippen LogP contribution in [0.1, 0.15) is 12.0 Å². The predicted octanol–water partition coefficient (Wildman–Crippen LogP) is 1.99. The molecule has 0 amide bonds. The monoisotopic (exact) mass is 219 g/mol. The van der Waals surface area contributed by atoms with E-state index in [9.17, 15) is 4.79 Å². The molecule has 3 nitrogen and oxygen atoms in total. The molecule has 1 aromatic rings. The summed E-state index contributed by atoms with van der Waals surface area (Å²) in [5, 5.41) is 0. The molecular weight excluding hydrogens is 202 g/mol. The van der Waals surface area contributed by atoms with Gasteiger partial charge in [-0.25, -0.2) is 0 Å². The topological polar surface area (TPSA) is 29.5 Å². The van der Waals surface area contributed by atoms with E-state index in [0.717, 1.165) is 19.5 Å². The minimum Gasteiger partial charge on any atom is -0.469 e. The molecule has 1 aliphatic heterocycles. The number of anilines is 1. The Morgan fingerprint density at radius 3 is 2.69 bits per heavy atom. The molecule has 86 valence electrons. The fourth-order valence-electron chi connectivity index (χ4n) is 2.11. The molecule has 1 aliphatic rings. The van der Waals surface area contributed by atoms with Gasteiger partial charge < -0.3 is 9.64 Å². The first-order chi connectivity index (χ1) is 7.70. The van der Waals surface area contributed by atoms with Gasteiger partial charge in [0.15, 0.2) is 0 Å². The van der Waals surface area contributed by atoms with E-state index in [1.165, 1.54) is 18.4 Å². The number of rotatable bonds is 2. The summed E-state index contributed by atoms with van der Waals surface area (Å²) in [5.41, 5.74) is 2.45. The maximum absolute atomic E-state index is 11.4. The molecule has 0 saturated carbocycles. The highest BCUT2D eigenvalue weighted by Gasteiger charge is 2.28. The van der Waals surface area contributed by atoms with Crippen molar-refractivity contribution in [2.24, 2.45) is 5.92 Å². The van der Waals surface area contributed by atoms with Crippen LogP contribution in [0.15, 0.2) is 24.3 Å². The molecule has 3 heteroatoms. The van der Waals surface area contributed by atoms with Crippen LogP contribution in [0.3, 0.4) is 0 Å². The van der Waals surface area contributed by atoms with Crippen molar-refractivity contribution in [3.05, 3.63) is 29.8 Å². The lowest BCUT2D eigenvalue weighted by Gasteiger charge is -2.18. The average molecular weight is 219 g/mol. The molecular formula is C13H17NO2. The third-order valence-corrected chi connectivity index (χ3v) is 3.12. The highest BCUT2D eigenvalue weighted by molar-refractivity contribution is 5.74. The van der Waals surface area contributed by atoms with E-state index in [1.54, 1.807) is 0 Å². The second-order valence-corrected chi connectivity index (χ2v) is 4.29. The van der Waals surface area contributed by atoms with Gasteiger partial charge in [0, 0.05) is 18.8 Å². The molecule has 0 bridgehead atoms. The fraction of sp³-hybridized carbons (Fsp3) is 0.462. The van der Waals surface area contributed by atoms with Crippen LogP contribution in [-0.4, -0.2) is 26.2 Å². The van der Waals surface area contributed by atoms with Gasteiger partial charge in [-0.1, -0.05) is 17.7 Å². The van der Waals surface area contributed by atoms with Gasteiger partial charge in [0.05, 0.1) is 13.0 Å². The zero-order valence-corrected chi connectivity index (χ0v) is 9.77. The number of hydrogen-bond donors (Lipinski definition) is 0. The van der Waals surface area contributed by atoms with Crippen LogP contribution in [0.5, 0.6) is 0 Å². The average Bonchev–Trinajstić information content (AvgIpc) is 2.78. The molecule has 16 heavy (non-hydrogen) atoms. The van der Waals surface area contributed by atoms with Crippen LogP contribution in [0, 0.1) is 12.8 Å². The lowest BCUT2D eigenvalue weighted by Crippen LogP contribution is -2.23. The van der Waals surface area contributed by atoms with Crippen molar-refractivity contribution in [1.82, 2.24) is 0 Å². The lowest BCUT2D eigenvalue weighted by atomic mass is 10.1. The molecule has 0 aromatic heterocycles. The van der Waals surface area contributed by atoms with E-state index in [4.69, 9.17) is 4.74 Å². The Balaban J connectivity index is 2.03. The van der Waals surface area contributed by atoms with Crippen molar-refractivity contribution >= 4 is 11.7 Å². The van der Waals surface area contributed by atoms with E-state index < -0.39 is 0 Å². The predicted molar refractivity (Wildman–Crippen MR) is 63.5 cm³/mol. The molecule has 0 radical (unpaired) electrons. The smallest absolute Gasteiger partial charge is 0.310 e. The van der Waals surface area contributed by atoms with Crippen molar-refractivity contribution < 1.29 is 9.53 Å². The molecule has 2 rings (SSSR count). The van der Waals surface area contributed by atoms with Crippen LogP contribution in [0.25, 0.3) is 0 Å². The Labute approximate surface area is 96.0 Å². The van der Waals surface area contributed by atoms with Crippen molar-refractivity contribution in [3.8, 4) is 0 Å². The first kappa shape index (κ1) is 11.0. The van der Waals surface area contributed by atoms with E-state index in [1.807, 2.05) is 0 Å². The summed E-state index contributed by atoms with van der Waals surface area (Å²) >= 11 is 0. The summed E-state index contributed by atoms with van der Waals surface area (Å²) in [6.07, 6.45) is 0.889. The zero-order valence-electron chi connectivity index (χ0n) is 9.77. The molecule has 1 heterocycles. The Hall–Kier alpha value is -1.51. The normalized spacial score (nSPS) is 19.9. The summed E-state index contributed by atoms with van der Waals surface area (Å²) in [5.74, 6) is -0.0547. The molecule has 0 spiro atoms. The quantitative estimate of drug-likeness (QED) is 0.712. The fourth-order valence-corrected chi connectivity index (χ4v) is 2.11. The Bertz CT molecular complexity index is 372. The standard InChI is InChI=1S/C13H17NO2/c1-10-3-5-12(6-4-10)14-8-7-11(9-14)13(15)16-2/h3-6,11H,7-9H2,1-2H3/t11-/m0/s1. The van der Waals surface area contributed by atoms with Gasteiger partial charge in [-0.3, -0.25) is 4.79 Å². The zero-order chi connectivity index (χ0) is 11.5. The van der Waals surface area contributed by atoms with E-state index in [-0.39, 0.29) is 11.9 Å². The van der Waals surface area contributed by atoms with Gasteiger partial charge >= 0.3 is 5.97 Å². The SMILES string of the molecule is COC(=O)[C@H]1CCN(c2ccc(C)cc2)C1. The minimum absolute atomic E-state index is 0.0336. The van der Waals surface area contributed by atoms with Crippen LogP contribution in [0.4, 0.5) is 5.69 Å². The lowest BCUT2D eigenvalue weighted by molar-refractivity contribution is -0.144. The molecule has 1 fully saturated rings. The van der Waals surface area contributed by atoms with Crippen molar-refractivity contribution in [1.29, 1.82) is 0 Å². The van der Waals surface area contributed by atoms with Crippen LogP contribution < -0.4 is 4.90 Å². The first-order valence-electron chi connectivity index (χ1n) is 5.60. The highest BCUT2D eigenvalue weighted by Crippen LogP contribution is 2.24. The third-order valence-electron chi connectivity index (χ3n) is 3.12. The third kappa shape index (κ3) is 2.18. The molecule has 1 aromatic carbocycles. The van der Waals surface area contributed by atoms with Gasteiger partial charge in [-0.05, 0) is 25.5 Å². The molecule has 1 saturated heterocycles. The molecule has 0 aliphatic carbocycles. The number of methoxy groups -OCH3 is 1. The molecule has 0 unspecified atom stereocenters. The number of aryl methyl sites for hydroxylation is 1. The van der Waals surface area contributed by atoms with Crippen LogP contribution in [-0.2, 0) is 9.53 Å². The summed E-state index contributed by atoms with van der Waals surface area (Å²) in [6, 6.07) is 8.41. The second-order valence-electron chi connectivity index (χ2n) is 4.29. The number of hydrogen-bond acceptors (Lipinski definition) is 3. The van der Waals surface area contributed by atoms with Crippen LogP contribution in [0.2, 0.25) is 0 Å². The van der Waals surface area contributed by atoms with Gasteiger partial charge in [0.1, 0.15) is 0 Å². The summed E-state index contributed by atoms with van der Waals surface area (Å²) in [7, 11) is 1.46. The van der Waals surface area contributed by atoms with E-state index >= 15 is 0 Å². The number of carbonyl (C=O) groups excluding carboxylic acids is 1. The minimum atomic E-state index is -0.0883. The largest absolute Gasteiger partial charge is 0.469 e. The summed E-state index contributed by atoms with van der Waals surface area (Å²) in [6.45, 7) is 3.78. The number of benzene rings is 1. The highest BCUT2D eigenvalue weighted by atomic mass is 16.5. The first-order valence-corrected chi connectivity index (χ1v) is 5.60. The van der Waals surface area contributed by atoms with E-state index in [0.29, 0.717) is 0 Å². The van der Waals surface area contributed by atoms with E-state index in [2.05, 4.69) is 36.1 Å². The van der Waals surface area contributed by atoms with Gasteiger partial charge in [0.25, 0.3) is 0 Å². The second kappa shape index (κ2) is 4.56. The Morgan fingerprint density at radius 2 is 2.06 bits per heavy atom. The maximum atomic E-state index is 11.4.